The minimum atomic E-state index is -3.66. The molecule has 0 atom stereocenters. The Morgan fingerprint density at radius 1 is 1.15 bits per heavy atom. The van der Waals surface area contributed by atoms with E-state index in [1.54, 1.807) is 12.1 Å². The Morgan fingerprint density at radius 2 is 2.04 bits per heavy atom. The largest absolute Gasteiger partial charge is 0.352 e. The highest BCUT2D eigenvalue weighted by Crippen LogP contribution is 2.19. The van der Waals surface area contributed by atoms with Gasteiger partial charge in [-0.1, -0.05) is 23.8 Å². The Bertz CT molecular complexity index is 903. The number of nitrogens with one attached hydrogen (secondary N) is 2. The maximum atomic E-state index is 12.5. The number of hydrogen-bond donors (Lipinski definition) is 2. The number of allylic oxidation sites excluding steroid dienone is 1. The van der Waals surface area contributed by atoms with Crippen LogP contribution in [0.2, 0.25) is 0 Å². The van der Waals surface area contributed by atoms with Crippen molar-refractivity contribution >= 4 is 27.3 Å². The van der Waals surface area contributed by atoms with Crippen molar-refractivity contribution in [2.24, 2.45) is 0 Å². The van der Waals surface area contributed by atoms with Crippen LogP contribution >= 0.6 is 11.3 Å². The summed E-state index contributed by atoms with van der Waals surface area (Å²) in [7, 11) is -3.66. The first-order chi connectivity index (χ1) is 13.0. The molecule has 0 unspecified atom stereocenters. The number of carbonyl (C=O) groups is 1. The summed E-state index contributed by atoms with van der Waals surface area (Å²) in [5.41, 5.74) is 1.75. The molecule has 1 aliphatic rings. The van der Waals surface area contributed by atoms with E-state index in [9.17, 15) is 13.2 Å². The third-order valence-corrected chi connectivity index (χ3v) is 6.82. The maximum Gasteiger partial charge on any atom is 0.251 e. The fourth-order valence-electron chi connectivity index (χ4n) is 3.04. The molecule has 0 fully saturated rings. The van der Waals surface area contributed by atoms with Crippen LogP contribution in [0.5, 0.6) is 0 Å². The van der Waals surface area contributed by atoms with E-state index in [2.05, 4.69) is 16.1 Å². The van der Waals surface area contributed by atoms with Crippen LogP contribution in [0, 0.1) is 0 Å². The van der Waals surface area contributed by atoms with Gasteiger partial charge in [0.05, 0.1) is 4.90 Å². The molecule has 27 heavy (non-hydrogen) atoms. The van der Waals surface area contributed by atoms with Crippen molar-refractivity contribution in [3.63, 3.8) is 0 Å². The van der Waals surface area contributed by atoms with Crippen LogP contribution in [-0.4, -0.2) is 20.9 Å². The summed E-state index contributed by atoms with van der Waals surface area (Å²) in [6, 6.07) is 9.90. The number of thiophene rings is 1. The Kier molecular flexibility index (Phi) is 6.82. The Morgan fingerprint density at radius 3 is 2.78 bits per heavy atom. The van der Waals surface area contributed by atoms with Crippen LogP contribution in [-0.2, 0) is 16.6 Å². The third-order valence-electron chi connectivity index (χ3n) is 4.54. The fourth-order valence-corrected chi connectivity index (χ4v) is 4.83. The van der Waals surface area contributed by atoms with Crippen LogP contribution in [0.15, 0.2) is 58.3 Å². The number of benzene rings is 1. The molecule has 5 nitrogen and oxygen atoms in total. The van der Waals surface area contributed by atoms with Crippen molar-refractivity contribution < 1.29 is 13.2 Å². The highest BCUT2D eigenvalue weighted by atomic mass is 32.2. The summed E-state index contributed by atoms with van der Waals surface area (Å²) in [6.45, 7) is 0.809. The molecule has 2 aromatic rings. The zero-order valence-electron chi connectivity index (χ0n) is 15.1. The molecule has 144 valence electrons. The van der Waals surface area contributed by atoms with E-state index in [1.165, 1.54) is 41.9 Å². The Labute approximate surface area is 164 Å². The second-order valence-corrected chi connectivity index (χ2v) is 9.34. The molecule has 1 aromatic heterocycles. The normalized spacial score (nSPS) is 14.6. The van der Waals surface area contributed by atoms with Gasteiger partial charge in [-0.3, -0.25) is 4.79 Å². The summed E-state index contributed by atoms with van der Waals surface area (Å²) >= 11 is 1.49. The third kappa shape index (κ3) is 5.76. The summed E-state index contributed by atoms with van der Waals surface area (Å²) in [6.07, 6.45) is 7.82. The van der Waals surface area contributed by atoms with Crippen LogP contribution in [0.25, 0.3) is 0 Å². The Hall–Kier alpha value is -1.96. The van der Waals surface area contributed by atoms with Crippen LogP contribution in [0.1, 0.15) is 47.3 Å². The van der Waals surface area contributed by atoms with Gasteiger partial charge in [-0.05, 0) is 61.7 Å². The predicted octanol–water partition coefficient (Wildman–Crippen LogP) is 3.85. The van der Waals surface area contributed by atoms with E-state index in [-0.39, 0.29) is 17.3 Å². The number of carbonyl (C=O) groups excluding carboxylic acids is 1. The van der Waals surface area contributed by atoms with Gasteiger partial charge >= 0.3 is 0 Å². The molecule has 1 amide bonds. The van der Waals surface area contributed by atoms with Crippen LogP contribution < -0.4 is 10.0 Å². The van der Waals surface area contributed by atoms with Gasteiger partial charge < -0.3 is 5.32 Å². The molecule has 0 spiro atoms. The SMILES string of the molecule is O=C(NCCC1=CCCCC1)c1cccc(S(=O)(=O)NCc2cccs2)c1. The van der Waals surface area contributed by atoms with Gasteiger partial charge in [0.2, 0.25) is 10.0 Å². The predicted molar refractivity (Wildman–Crippen MR) is 108 cm³/mol. The molecule has 0 bridgehead atoms. The van der Waals surface area contributed by atoms with Crippen molar-refractivity contribution in [1.82, 2.24) is 10.0 Å². The Balaban J connectivity index is 1.58. The minimum absolute atomic E-state index is 0.0988. The van der Waals surface area contributed by atoms with Crippen molar-refractivity contribution in [3.8, 4) is 0 Å². The fraction of sp³-hybridized carbons (Fsp3) is 0.350. The van der Waals surface area contributed by atoms with Gasteiger partial charge in [-0.15, -0.1) is 11.3 Å². The second-order valence-electron chi connectivity index (χ2n) is 6.55. The molecule has 0 radical (unpaired) electrons. The van der Waals surface area contributed by atoms with E-state index in [0.717, 1.165) is 24.1 Å². The summed E-state index contributed by atoms with van der Waals surface area (Å²) in [5.74, 6) is -0.248. The summed E-state index contributed by atoms with van der Waals surface area (Å²) in [5, 5.41) is 4.79. The highest BCUT2D eigenvalue weighted by Gasteiger charge is 2.16. The van der Waals surface area contributed by atoms with Gasteiger partial charge in [0.15, 0.2) is 0 Å². The number of sulfonamides is 1. The molecule has 0 aliphatic heterocycles. The van der Waals surface area contributed by atoms with Crippen molar-refractivity contribution in [1.29, 1.82) is 0 Å². The first-order valence-corrected chi connectivity index (χ1v) is 11.5. The lowest BCUT2D eigenvalue weighted by Crippen LogP contribution is -2.26. The lowest BCUT2D eigenvalue weighted by Gasteiger charge is -2.13. The zero-order chi connectivity index (χ0) is 19.1. The number of hydrogen-bond acceptors (Lipinski definition) is 4. The van der Waals surface area contributed by atoms with E-state index in [0.29, 0.717) is 12.1 Å². The standard InChI is InChI=1S/C20H24N2O3S2/c23-20(21-12-11-16-6-2-1-3-7-16)17-8-4-10-19(14-17)27(24,25)22-15-18-9-5-13-26-18/h4-6,8-10,13-14,22H,1-3,7,11-12,15H2,(H,21,23). The first kappa shape index (κ1) is 19.8. The van der Waals surface area contributed by atoms with E-state index in [1.807, 2.05) is 17.5 Å². The molecule has 0 saturated carbocycles. The second kappa shape index (κ2) is 9.30. The summed E-state index contributed by atoms with van der Waals surface area (Å²) < 4.78 is 27.5. The molecule has 1 heterocycles. The van der Waals surface area contributed by atoms with Gasteiger partial charge in [0, 0.05) is 23.5 Å². The molecular formula is C20H24N2O3S2. The van der Waals surface area contributed by atoms with E-state index in [4.69, 9.17) is 0 Å². The van der Waals surface area contributed by atoms with Gasteiger partial charge in [0.1, 0.15) is 0 Å². The topological polar surface area (TPSA) is 75.3 Å². The van der Waals surface area contributed by atoms with Crippen molar-refractivity contribution in [2.75, 3.05) is 6.54 Å². The molecule has 1 aromatic carbocycles. The average molecular weight is 405 g/mol. The van der Waals surface area contributed by atoms with E-state index >= 15 is 0 Å². The first-order valence-electron chi connectivity index (χ1n) is 9.13. The molecular weight excluding hydrogens is 380 g/mol. The van der Waals surface area contributed by atoms with E-state index < -0.39 is 10.0 Å². The minimum Gasteiger partial charge on any atom is -0.352 e. The number of amides is 1. The molecule has 2 N–H and O–H groups in total. The molecule has 1 aliphatic carbocycles. The van der Waals surface area contributed by atoms with Crippen molar-refractivity contribution in [2.45, 2.75) is 43.5 Å². The number of rotatable bonds is 8. The van der Waals surface area contributed by atoms with Gasteiger partial charge in [-0.25, -0.2) is 13.1 Å². The highest BCUT2D eigenvalue weighted by molar-refractivity contribution is 7.89. The summed E-state index contributed by atoms with van der Waals surface area (Å²) in [4.78, 5) is 13.4. The monoisotopic (exact) mass is 404 g/mol. The van der Waals surface area contributed by atoms with Gasteiger partial charge in [0.25, 0.3) is 5.91 Å². The molecule has 3 rings (SSSR count). The maximum absolute atomic E-state index is 12.5. The molecule has 0 saturated heterocycles. The van der Waals surface area contributed by atoms with Crippen LogP contribution in [0.4, 0.5) is 0 Å². The zero-order valence-corrected chi connectivity index (χ0v) is 16.7. The van der Waals surface area contributed by atoms with Gasteiger partial charge in [-0.2, -0.15) is 0 Å². The average Bonchev–Trinajstić information content (AvgIpc) is 3.21. The lowest BCUT2D eigenvalue weighted by atomic mass is 9.97. The quantitative estimate of drug-likeness (QED) is 0.656. The smallest absolute Gasteiger partial charge is 0.251 e. The lowest BCUT2D eigenvalue weighted by molar-refractivity contribution is 0.0954. The van der Waals surface area contributed by atoms with Crippen LogP contribution in [0.3, 0.4) is 0 Å². The molecule has 7 heteroatoms. The van der Waals surface area contributed by atoms with Crippen molar-refractivity contribution in [3.05, 3.63) is 63.9 Å².